The fourth-order valence-electron chi connectivity index (χ4n) is 2.83. The summed E-state index contributed by atoms with van der Waals surface area (Å²) in [6.45, 7) is 3.08. The highest BCUT2D eigenvalue weighted by molar-refractivity contribution is 7.99. The van der Waals surface area contributed by atoms with Crippen molar-refractivity contribution in [1.29, 1.82) is 0 Å². The number of hydrogen-bond donors (Lipinski definition) is 0. The number of fused-ring (bicyclic) bond motifs is 3. The van der Waals surface area contributed by atoms with Crippen molar-refractivity contribution in [1.82, 2.24) is 19.7 Å². The van der Waals surface area contributed by atoms with Gasteiger partial charge >= 0.3 is 0 Å². The molecule has 1 aliphatic carbocycles. The second kappa shape index (κ2) is 5.80. The molecular weight excluding hydrogens is 351 g/mol. The monoisotopic (exact) mass is 366 g/mol. The number of rotatable bonds is 5. The summed E-state index contributed by atoms with van der Waals surface area (Å²) in [7, 11) is 0. The van der Waals surface area contributed by atoms with Crippen LogP contribution in [0.4, 0.5) is 0 Å². The molecule has 1 saturated carbocycles. The topological polar surface area (TPSA) is 43.6 Å². The van der Waals surface area contributed by atoms with Gasteiger partial charge in [0.1, 0.15) is 9.85 Å². The van der Waals surface area contributed by atoms with Gasteiger partial charge in [-0.25, -0.2) is 4.98 Å². The van der Waals surface area contributed by atoms with E-state index in [1.54, 1.807) is 11.8 Å². The molecule has 4 rings (SSSR count). The van der Waals surface area contributed by atoms with Gasteiger partial charge in [0.05, 0.1) is 5.52 Å². The van der Waals surface area contributed by atoms with E-state index < -0.39 is 4.33 Å². The van der Waals surface area contributed by atoms with E-state index in [-0.39, 0.29) is 0 Å². The summed E-state index contributed by atoms with van der Waals surface area (Å²) in [5.41, 5.74) is 2.94. The highest BCUT2D eigenvalue weighted by Crippen LogP contribution is 2.54. The summed E-state index contributed by atoms with van der Waals surface area (Å²) < 4.78 is 1.68. The number of nitrogens with zero attached hydrogens (tertiary/aromatic N) is 4. The first kappa shape index (κ1) is 15.5. The summed E-state index contributed by atoms with van der Waals surface area (Å²) >= 11 is 13.7. The maximum atomic E-state index is 6.08. The van der Waals surface area contributed by atoms with Gasteiger partial charge in [0.15, 0.2) is 5.65 Å². The SMILES string of the molecule is CCCn1c2ccccc2c2nnc(SC[C@H]3CC3(Cl)Cl)nc21. The van der Waals surface area contributed by atoms with Crippen molar-refractivity contribution in [3.63, 3.8) is 0 Å². The number of halogens is 2. The number of benzene rings is 1. The molecular formula is C16H16Cl2N4S. The normalized spacial score (nSPS) is 19.5. The maximum absolute atomic E-state index is 6.08. The Morgan fingerprint density at radius 1 is 1.30 bits per heavy atom. The Hall–Kier alpha value is -1.04. The first-order valence-electron chi connectivity index (χ1n) is 7.72. The molecule has 0 aliphatic heterocycles. The quantitative estimate of drug-likeness (QED) is 0.485. The van der Waals surface area contributed by atoms with Gasteiger partial charge in [0, 0.05) is 23.6 Å². The van der Waals surface area contributed by atoms with Crippen molar-refractivity contribution in [3.8, 4) is 0 Å². The molecule has 3 aromatic rings. The van der Waals surface area contributed by atoms with E-state index in [1.165, 1.54) is 0 Å². The summed E-state index contributed by atoms with van der Waals surface area (Å²) in [5, 5.41) is 10.5. The molecule has 2 heterocycles. The summed E-state index contributed by atoms with van der Waals surface area (Å²) in [6.07, 6.45) is 1.89. The second-order valence-electron chi connectivity index (χ2n) is 5.91. The second-order valence-corrected chi connectivity index (χ2v) is 8.44. The molecule has 7 heteroatoms. The van der Waals surface area contributed by atoms with E-state index in [4.69, 9.17) is 28.2 Å². The fourth-order valence-corrected chi connectivity index (χ4v) is 4.54. The summed E-state index contributed by atoms with van der Waals surface area (Å²) in [5.74, 6) is 1.14. The van der Waals surface area contributed by atoms with Crippen molar-refractivity contribution >= 4 is 57.0 Å². The molecule has 1 aliphatic rings. The zero-order valence-electron chi connectivity index (χ0n) is 12.7. The molecule has 1 aromatic carbocycles. The molecule has 2 aromatic heterocycles. The van der Waals surface area contributed by atoms with Crippen LogP contribution in [0.2, 0.25) is 0 Å². The fraction of sp³-hybridized carbons (Fsp3) is 0.438. The third-order valence-corrected chi connectivity index (χ3v) is 6.10. The van der Waals surface area contributed by atoms with E-state index in [9.17, 15) is 0 Å². The van der Waals surface area contributed by atoms with Crippen LogP contribution >= 0.6 is 35.0 Å². The number of thioether (sulfide) groups is 1. The van der Waals surface area contributed by atoms with Gasteiger partial charge in [-0.3, -0.25) is 0 Å². The maximum Gasteiger partial charge on any atom is 0.211 e. The van der Waals surface area contributed by atoms with Gasteiger partial charge in [-0.1, -0.05) is 36.9 Å². The van der Waals surface area contributed by atoms with Crippen LogP contribution < -0.4 is 0 Å². The van der Waals surface area contributed by atoms with Gasteiger partial charge in [-0.15, -0.1) is 33.4 Å². The van der Waals surface area contributed by atoms with Crippen molar-refractivity contribution < 1.29 is 0 Å². The smallest absolute Gasteiger partial charge is 0.211 e. The van der Waals surface area contributed by atoms with Crippen molar-refractivity contribution in [2.75, 3.05) is 5.75 Å². The van der Waals surface area contributed by atoms with Crippen LogP contribution in [0.3, 0.4) is 0 Å². The molecule has 4 nitrogen and oxygen atoms in total. The van der Waals surface area contributed by atoms with Crippen molar-refractivity contribution in [2.24, 2.45) is 5.92 Å². The van der Waals surface area contributed by atoms with E-state index in [1.807, 2.05) is 12.1 Å². The lowest BCUT2D eigenvalue weighted by Crippen LogP contribution is -2.01. The van der Waals surface area contributed by atoms with E-state index in [2.05, 4.69) is 33.8 Å². The molecule has 1 fully saturated rings. The van der Waals surface area contributed by atoms with E-state index in [0.717, 1.165) is 47.2 Å². The predicted molar refractivity (Wildman–Crippen MR) is 96.4 cm³/mol. The molecule has 23 heavy (non-hydrogen) atoms. The standard InChI is InChI=1S/C16H16Cl2N4S/c1-2-7-22-12-6-4-3-5-11(12)13-14(22)19-15(21-20-13)23-9-10-8-16(10,17)18/h3-6,10H,2,7-9H2,1H3/t10-/m1/s1. The Labute approximate surface area is 148 Å². The van der Waals surface area contributed by atoms with E-state index in [0.29, 0.717) is 11.1 Å². The Kier molecular flexibility index (Phi) is 3.90. The average Bonchev–Trinajstić information content (AvgIpc) is 3.05. The number of alkyl halides is 2. The molecule has 0 bridgehead atoms. The summed E-state index contributed by atoms with van der Waals surface area (Å²) in [6, 6.07) is 8.26. The van der Waals surface area contributed by atoms with Gasteiger partial charge < -0.3 is 4.57 Å². The zero-order chi connectivity index (χ0) is 16.0. The minimum Gasteiger partial charge on any atom is -0.324 e. The Morgan fingerprint density at radius 3 is 2.83 bits per heavy atom. The zero-order valence-corrected chi connectivity index (χ0v) is 15.0. The van der Waals surface area contributed by atoms with Crippen LogP contribution in [0.5, 0.6) is 0 Å². The Bertz CT molecular complexity index is 877. The molecule has 0 saturated heterocycles. The molecule has 0 amide bonds. The number of aryl methyl sites for hydroxylation is 1. The largest absolute Gasteiger partial charge is 0.324 e. The average molecular weight is 367 g/mol. The van der Waals surface area contributed by atoms with Crippen LogP contribution in [-0.4, -0.2) is 29.8 Å². The molecule has 0 unspecified atom stereocenters. The Morgan fingerprint density at radius 2 is 2.09 bits per heavy atom. The summed E-state index contributed by atoms with van der Waals surface area (Å²) in [4.78, 5) is 4.74. The molecule has 120 valence electrons. The lowest BCUT2D eigenvalue weighted by molar-refractivity contribution is 0.709. The van der Waals surface area contributed by atoms with Gasteiger partial charge in [0.25, 0.3) is 0 Å². The molecule has 0 spiro atoms. The Balaban J connectivity index is 1.72. The van der Waals surface area contributed by atoms with Crippen molar-refractivity contribution in [3.05, 3.63) is 24.3 Å². The third kappa shape index (κ3) is 2.79. The first-order chi connectivity index (χ1) is 11.1. The third-order valence-electron chi connectivity index (χ3n) is 4.17. The lowest BCUT2D eigenvalue weighted by Gasteiger charge is -2.04. The number of aromatic nitrogens is 4. The van der Waals surface area contributed by atoms with Crippen LogP contribution in [0.1, 0.15) is 19.8 Å². The highest BCUT2D eigenvalue weighted by Gasteiger charge is 2.51. The first-order valence-corrected chi connectivity index (χ1v) is 9.46. The molecule has 0 N–H and O–H groups in total. The van der Waals surface area contributed by atoms with E-state index >= 15 is 0 Å². The number of hydrogen-bond acceptors (Lipinski definition) is 4. The van der Waals surface area contributed by atoms with Crippen LogP contribution in [0, 0.1) is 5.92 Å². The molecule has 1 atom stereocenters. The highest BCUT2D eigenvalue weighted by atomic mass is 35.5. The van der Waals surface area contributed by atoms with Crippen LogP contribution in [-0.2, 0) is 6.54 Å². The predicted octanol–water partition coefficient (Wildman–Crippen LogP) is 4.68. The minimum absolute atomic E-state index is 0.316. The lowest BCUT2D eigenvalue weighted by atomic mass is 10.2. The van der Waals surface area contributed by atoms with Crippen molar-refractivity contribution in [2.45, 2.75) is 35.8 Å². The van der Waals surface area contributed by atoms with Gasteiger partial charge in [0.2, 0.25) is 5.16 Å². The van der Waals surface area contributed by atoms with Crippen LogP contribution in [0.15, 0.2) is 29.4 Å². The number of para-hydroxylation sites is 1. The minimum atomic E-state index is -0.554. The van der Waals surface area contributed by atoms with Gasteiger partial charge in [-0.05, 0) is 18.9 Å². The van der Waals surface area contributed by atoms with Gasteiger partial charge in [-0.2, -0.15) is 0 Å². The van der Waals surface area contributed by atoms with Crippen LogP contribution in [0.25, 0.3) is 22.1 Å². The molecule has 0 radical (unpaired) electrons.